The Morgan fingerprint density at radius 3 is 2.63 bits per heavy atom. The lowest BCUT2D eigenvalue weighted by Gasteiger charge is -2.16. The quantitative estimate of drug-likeness (QED) is 0.859. The van der Waals surface area contributed by atoms with Crippen molar-refractivity contribution in [1.29, 1.82) is 0 Å². The highest BCUT2D eigenvalue weighted by Gasteiger charge is 2.25. The number of ether oxygens (including phenoxy) is 2. The first-order valence-electron chi connectivity index (χ1n) is 6.90. The van der Waals surface area contributed by atoms with E-state index in [4.69, 9.17) is 9.47 Å². The lowest BCUT2D eigenvalue weighted by molar-refractivity contribution is 0.0178. The Morgan fingerprint density at radius 2 is 1.95 bits per heavy atom. The number of nitrogens with one attached hydrogen (secondary N) is 1. The zero-order valence-electron chi connectivity index (χ0n) is 11.6. The summed E-state index contributed by atoms with van der Waals surface area (Å²) in [6, 6.07) is 6.57. The first-order valence-corrected chi connectivity index (χ1v) is 6.90. The summed E-state index contributed by atoms with van der Waals surface area (Å²) in [4.78, 5) is 0. The van der Waals surface area contributed by atoms with Gasteiger partial charge in [-0.05, 0) is 37.1 Å². The highest BCUT2D eigenvalue weighted by molar-refractivity contribution is 5.22. The summed E-state index contributed by atoms with van der Waals surface area (Å²) in [5.74, 6) is 0.443. The van der Waals surface area contributed by atoms with Crippen molar-refractivity contribution in [2.24, 2.45) is 0 Å². The van der Waals surface area contributed by atoms with Crippen LogP contribution in [-0.2, 0) is 4.74 Å². The normalized spacial score (nSPS) is 22.9. The van der Waals surface area contributed by atoms with Crippen molar-refractivity contribution >= 4 is 0 Å². The zero-order valence-corrected chi connectivity index (χ0v) is 11.6. The molecule has 1 aliphatic heterocycles. The molecule has 1 aliphatic rings. The van der Waals surface area contributed by atoms with Crippen molar-refractivity contribution in [3.63, 3.8) is 0 Å². The van der Waals surface area contributed by atoms with E-state index >= 15 is 0 Å². The topological polar surface area (TPSA) is 30.5 Å². The van der Waals surface area contributed by atoms with Gasteiger partial charge in [-0.2, -0.15) is 0 Å². The van der Waals surface area contributed by atoms with E-state index in [-0.39, 0.29) is 18.0 Å². The van der Waals surface area contributed by atoms with Crippen LogP contribution in [0, 0.1) is 5.82 Å². The molecule has 1 heterocycles. The van der Waals surface area contributed by atoms with Crippen LogP contribution >= 0.6 is 0 Å². The maximum atomic E-state index is 12.7. The van der Waals surface area contributed by atoms with E-state index in [0.717, 1.165) is 19.4 Å². The second-order valence-electron chi connectivity index (χ2n) is 5.29. The first kappa shape index (κ1) is 14.3. The third-order valence-electron chi connectivity index (χ3n) is 3.20. The van der Waals surface area contributed by atoms with Gasteiger partial charge in [0.25, 0.3) is 0 Å². The van der Waals surface area contributed by atoms with E-state index < -0.39 is 0 Å². The summed E-state index contributed by atoms with van der Waals surface area (Å²) in [6.45, 7) is 5.68. The van der Waals surface area contributed by atoms with E-state index in [9.17, 15) is 4.39 Å². The van der Waals surface area contributed by atoms with Crippen LogP contribution in [0.4, 0.5) is 4.39 Å². The fraction of sp³-hybridized carbons (Fsp3) is 0.600. The highest BCUT2D eigenvalue weighted by Crippen LogP contribution is 2.21. The fourth-order valence-corrected chi connectivity index (χ4v) is 2.14. The fourth-order valence-electron chi connectivity index (χ4n) is 2.14. The summed E-state index contributed by atoms with van der Waals surface area (Å²) < 4.78 is 24.2. The lowest BCUT2D eigenvalue weighted by Crippen LogP contribution is -2.32. The molecule has 1 aromatic rings. The molecule has 1 N–H and O–H groups in total. The Labute approximate surface area is 114 Å². The molecular formula is C15H22FNO2. The number of benzene rings is 1. The predicted molar refractivity (Wildman–Crippen MR) is 72.9 cm³/mol. The van der Waals surface area contributed by atoms with Crippen molar-refractivity contribution in [2.45, 2.75) is 44.9 Å². The monoisotopic (exact) mass is 267 g/mol. The number of hydrogen-bond acceptors (Lipinski definition) is 3. The van der Waals surface area contributed by atoms with Gasteiger partial charge in [0.1, 0.15) is 18.2 Å². The highest BCUT2D eigenvalue weighted by atomic mass is 19.1. The Balaban J connectivity index is 1.69. The zero-order chi connectivity index (χ0) is 13.7. The van der Waals surface area contributed by atoms with Gasteiger partial charge in [0, 0.05) is 12.6 Å². The largest absolute Gasteiger partial charge is 0.491 e. The average molecular weight is 267 g/mol. The molecule has 1 aromatic carbocycles. The van der Waals surface area contributed by atoms with Crippen molar-refractivity contribution in [1.82, 2.24) is 5.32 Å². The van der Waals surface area contributed by atoms with Gasteiger partial charge < -0.3 is 14.8 Å². The minimum Gasteiger partial charge on any atom is -0.491 e. The third-order valence-corrected chi connectivity index (χ3v) is 3.20. The van der Waals surface area contributed by atoms with Gasteiger partial charge in [-0.3, -0.25) is 0 Å². The second kappa shape index (κ2) is 6.87. The van der Waals surface area contributed by atoms with Gasteiger partial charge in [0.05, 0.1) is 12.2 Å². The summed E-state index contributed by atoms with van der Waals surface area (Å²) in [5, 5.41) is 3.38. The van der Waals surface area contributed by atoms with Crippen molar-refractivity contribution in [3.05, 3.63) is 30.1 Å². The van der Waals surface area contributed by atoms with E-state index in [2.05, 4.69) is 19.2 Å². The van der Waals surface area contributed by atoms with E-state index in [1.165, 1.54) is 12.1 Å². The van der Waals surface area contributed by atoms with Crippen LogP contribution in [0.15, 0.2) is 24.3 Å². The molecule has 19 heavy (non-hydrogen) atoms. The average Bonchev–Trinajstić information content (AvgIpc) is 2.84. The molecule has 2 rings (SSSR count). The van der Waals surface area contributed by atoms with Gasteiger partial charge in [-0.1, -0.05) is 13.8 Å². The van der Waals surface area contributed by atoms with Crippen molar-refractivity contribution < 1.29 is 13.9 Å². The number of rotatable bonds is 6. The van der Waals surface area contributed by atoms with Crippen LogP contribution in [0.3, 0.4) is 0 Å². The number of hydrogen-bond donors (Lipinski definition) is 1. The third kappa shape index (κ3) is 4.80. The minimum atomic E-state index is -0.246. The van der Waals surface area contributed by atoms with Gasteiger partial charge in [-0.15, -0.1) is 0 Å². The summed E-state index contributed by atoms with van der Waals surface area (Å²) in [6.07, 6.45) is 2.51. The Hall–Kier alpha value is -1.13. The van der Waals surface area contributed by atoms with Crippen LogP contribution < -0.4 is 10.1 Å². The van der Waals surface area contributed by atoms with Crippen LogP contribution in [0.5, 0.6) is 5.75 Å². The molecule has 2 atom stereocenters. The maximum absolute atomic E-state index is 12.7. The Kier molecular flexibility index (Phi) is 5.16. The van der Waals surface area contributed by atoms with Gasteiger partial charge in [-0.25, -0.2) is 4.39 Å². The van der Waals surface area contributed by atoms with Crippen molar-refractivity contribution in [2.75, 3.05) is 13.2 Å². The van der Waals surface area contributed by atoms with Gasteiger partial charge in [0.15, 0.2) is 0 Å². The molecule has 1 saturated heterocycles. The summed E-state index contributed by atoms with van der Waals surface area (Å²) in [7, 11) is 0. The van der Waals surface area contributed by atoms with Crippen LogP contribution in [0.1, 0.15) is 26.7 Å². The Morgan fingerprint density at radius 1 is 1.26 bits per heavy atom. The molecule has 2 unspecified atom stereocenters. The molecule has 0 saturated carbocycles. The molecule has 0 amide bonds. The summed E-state index contributed by atoms with van der Waals surface area (Å²) in [5.41, 5.74) is 0. The molecule has 0 aromatic heterocycles. The standard InChI is InChI=1S/C15H22FNO2/c1-11(2)17-9-14-7-8-15(19-14)10-18-13-5-3-12(16)4-6-13/h3-6,11,14-15,17H,7-10H2,1-2H3. The number of halogens is 1. The SMILES string of the molecule is CC(C)NCC1CCC(COc2ccc(F)cc2)O1. The second-order valence-corrected chi connectivity index (χ2v) is 5.29. The molecule has 0 radical (unpaired) electrons. The minimum absolute atomic E-state index is 0.143. The molecular weight excluding hydrogens is 245 g/mol. The van der Waals surface area contributed by atoms with Gasteiger partial charge in [0.2, 0.25) is 0 Å². The molecule has 4 heteroatoms. The molecule has 1 fully saturated rings. The maximum Gasteiger partial charge on any atom is 0.123 e. The van der Waals surface area contributed by atoms with Crippen molar-refractivity contribution in [3.8, 4) is 5.75 Å². The molecule has 0 aliphatic carbocycles. The van der Waals surface area contributed by atoms with Gasteiger partial charge >= 0.3 is 0 Å². The summed E-state index contributed by atoms with van der Waals surface area (Å²) >= 11 is 0. The lowest BCUT2D eigenvalue weighted by atomic mass is 10.2. The predicted octanol–water partition coefficient (Wildman–Crippen LogP) is 2.75. The molecule has 0 spiro atoms. The van der Waals surface area contributed by atoms with E-state index in [1.54, 1.807) is 12.1 Å². The van der Waals surface area contributed by atoms with Crippen LogP contribution in [0.2, 0.25) is 0 Å². The van der Waals surface area contributed by atoms with E-state index in [1.807, 2.05) is 0 Å². The Bertz CT molecular complexity index is 380. The van der Waals surface area contributed by atoms with Crippen LogP contribution in [0.25, 0.3) is 0 Å². The van der Waals surface area contributed by atoms with E-state index in [0.29, 0.717) is 18.4 Å². The van der Waals surface area contributed by atoms with Crippen LogP contribution in [-0.4, -0.2) is 31.4 Å². The first-order chi connectivity index (χ1) is 9.13. The molecule has 0 bridgehead atoms. The molecule has 3 nitrogen and oxygen atoms in total. The molecule has 106 valence electrons. The smallest absolute Gasteiger partial charge is 0.123 e.